The van der Waals surface area contributed by atoms with E-state index in [0.29, 0.717) is 18.1 Å². The Bertz CT molecular complexity index is 436. The van der Waals surface area contributed by atoms with Gasteiger partial charge in [-0.25, -0.2) is 0 Å². The lowest BCUT2D eigenvalue weighted by atomic mass is 10.1. The Kier molecular flexibility index (Phi) is 4.20. The van der Waals surface area contributed by atoms with Gasteiger partial charge in [-0.3, -0.25) is 4.79 Å². The molecule has 2 heterocycles. The van der Waals surface area contributed by atoms with Crippen molar-refractivity contribution < 1.29 is 14.3 Å². The summed E-state index contributed by atoms with van der Waals surface area (Å²) in [6.45, 7) is 2.61. The van der Waals surface area contributed by atoms with Gasteiger partial charge in [0.2, 0.25) is 0 Å². The van der Waals surface area contributed by atoms with Crippen molar-refractivity contribution in [3.8, 4) is 0 Å². The number of amides is 1. The van der Waals surface area contributed by atoms with Crippen molar-refractivity contribution in [3.63, 3.8) is 0 Å². The fraction of sp³-hybridized carbons (Fsp3) is 0.500. The van der Waals surface area contributed by atoms with Crippen molar-refractivity contribution >= 4 is 5.91 Å². The van der Waals surface area contributed by atoms with Crippen LogP contribution < -0.4 is 0 Å². The highest BCUT2D eigenvalue weighted by molar-refractivity contribution is 5.92. The molecule has 0 bridgehead atoms. The van der Waals surface area contributed by atoms with E-state index in [-0.39, 0.29) is 18.6 Å². The van der Waals surface area contributed by atoms with Gasteiger partial charge in [-0.05, 0) is 18.6 Å². The van der Waals surface area contributed by atoms with Crippen LogP contribution in [0.2, 0.25) is 0 Å². The minimum absolute atomic E-state index is 0.0965. The van der Waals surface area contributed by atoms with Crippen LogP contribution in [0.1, 0.15) is 42.5 Å². The quantitative estimate of drug-likeness (QED) is 0.815. The molecule has 1 atom stereocenters. The summed E-state index contributed by atoms with van der Waals surface area (Å²) in [5.74, 6) is 0.640. The summed E-state index contributed by atoms with van der Waals surface area (Å²) < 4.78 is 5.29. The maximum Gasteiger partial charge on any atom is 0.290 e. The van der Waals surface area contributed by atoms with Crippen molar-refractivity contribution in [1.82, 2.24) is 4.90 Å². The van der Waals surface area contributed by atoms with E-state index in [9.17, 15) is 4.79 Å². The summed E-state index contributed by atoms with van der Waals surface area (Å²) in [7, 11) is 0. The number of aliphatic hydroxyl groups excluding tert-OH is 1. The number of carbonyl (C=O) groups excluding carboxylic acids is 1. The summed E-state index contributed by atoms with van der Waals surface area (Å²) in [4.78, 5) is 14.1. The zero-order valence-corrected chi connectivity index (χ0v) is 10.6. The molecular weight excluding hydrogens is 230 g/mol. The van der Waals surface area contributed by atoms with Crippen molar-refractivity contribution in [2.24, 2.45) is 0 Å². The Balaban J connectivity index is 2.04. The van der Waals surface area contributed by atoms with Gasteiger partial charge >= 0.3 is 0 Å². The van der Waals surface area contributed by atoms with Crippen LogP contribution in [0.3, 0.4) is 0 Å². The third kappa shape index (κ3) is 2.64. The fourth-order valence-corrected chi connectivity index (χ4v) is 2.19. The molecule has 0 spiro atoms. The number of carbonyl (C=O) groups is 1. The molecule has 0 fully saturated rings. The largest absolute Gasteiger partial charge is 0.453 e. The molecule has 4 nitrogen and oxygen atoms in total. The summed E-state index contributed by atoms with van der Waals surface area (Å²) >= 11 is 0. The molecule has 2 rings (SSSR count). The first-order chi connectivity index (χ1) is 8.76. The highest BCUT2D eigenvalue weighted by Crippen LogP contribution is 2.20. The number of rotatable bonds is 5. The number of hydrogen-bond donors (Lipinski definition) is 1. The summed E-state index contributed by atoms with van der Waals surface area (Å²) in [5, 5.41) is 8.94. The van der Waals surface area contributed by atoms with Crippen LogP contribution in [-0.2, 0) is 6.61 Å². The van der Waals surface area contributed by atoms with Crippen LogP contribution in [0.4, 0.5) is 0 Å². The molecule has 1 aliphatic heterocycles. The van der Waals surface area contributed by atoms with Crippen molar-refractivity contribution in [2.75, 3.05) is 6.54 Å². The maximum absolute atomic E-state index is 12.3. The van der Waals surface area contributed by atoms with E-state index in [2.05, 4.69) is 13.0 Å². The lowest BCUT2D eigenvalue weighted by Gasteiger charge is -2.23. The van der Waals surface area contributed by atoms with Gasteiger partial charge in [0.1, 0.15) is 12.4 Å². The monoisotopic (exact) mass is 249 g/mol. The molecular formula is C14H19NO3. The second-order valence-corrected chi connectivity index (χ2v) is 4.52. The number of nitrogens with zero attached hydrogens (tertiary/aromatic N) is 1. The molecule has 1 amide bonds. The maximum atomic E-state index is 12.3. The third-order valence-corrected chi connectivity index (χ3v) is 3.20. The Hall–Kier alpha value is -1.55. The predicted molar refractivity (Wildman–Crippen MR) is 68.1 cm³/mol. The van der Waals surface area contributed by atoms with Crippen LogP contribution >= 0.6 is 0 Å². The van der Waals surface area contributed by atoms with Crippen molar-refractivity contribution in [3.05, 3.63) is 35.8 Å². The number of aliphatic hydroxyl groups is 1. The average Bonchev–Trinajstić information content (AvgIpc) is 3.04. The molecule has 0 aromatic carbocycles. The first-order valence-electron chi connectivity index (χ1n) is 6.43. The van der Waals surface area contributed by atoms with Crippen molar-refractivity contribution in [2.45, 2.75) is 38.8 Å². The van der Waals surface area contributed by atoms with Gasteiger partial charge in [-0.15, -0.1) is 0 Å². The van der Waals surface area contributed by atoms with E-state index < -0.39 is 0 Å². The lowest BCUT2D eigenvalue weighted by molar-refractivity contribution is 0.0706. The van der Waals surface area contributed by atoms with Crippen LogP contribution in [0.25, 0.3) is 0 Å². The summed E-state index contributed by atoms with van der Waals surface area (Å²) in [5.41, 5.74) is 0. The Morgan fingerprint density at radius 3 is 3.06 bits per heavy atom. The van der Waals surface area contributed by atoms with Gasteiger partial charge in [0.05, 0.1) is 6.04 Å². The van der Waals surface area contributed by atoms with Crippen LogP contribution in [-0.4, -0.2) is 28.5 Å². The van der Waals surface area contributed by atoms with Crippen LogP contribution in [0.15, 0.2) is 28.7 Å². The number of furan rings is 1. The predicted octanol–water partition coefficient (Wildman–Crippen LogP) is 2.34. The molecule has 0 aliphatic carbocycles. The Morgan fingerprint density at radius 2 is 2.39 bits per heavy atom. The Labute approximate surface area is 107 Å². The number of unbranched alkanes of at least 4 members (excludes halogenated alkanes) is 1. The van der Waals surface area contributed by atoms with Crippen LogP contribution in [0.5, 0.6) is 0 Å². The van der Waals surface area contributed by atoms with Crippen molar-refractivity contribution in [1.29, 1.82) is 0 Å². The SMILES string of the molecule is CCCC[C@@H]1C=CCN1C(=O)c1ccc(CO)o1. The van der Waals surface area contributed by atoms with Gasteiger partial charge < -0.3 is 14.4 Å². The van der Waals surface area contributed by atoms with Gasteiger partial charge in [0.15, 0.2) is 5.76 Å². The molecule has 4 heteroatoms. The van der Waals surface area contributed by atoms with E-state index in [1.165, 1.54) is 0 Å². The smallest absolute Gasteiger partial charge is 0.290 e. The summed E-state index contributed by atoms with van der Waals surface area (Å²) in [6.07, 6.45) is 7.34. The summed E-state index contributed by atoms with van der Waals surface area (Å²) in [6, 6.07) is 3.45. The molecule has 1 aliphatic rings. The molecule has 1 aromatic heterocycles. The van der Waals surface area contributed by atoms with Crippen LogP contribution in [0, 0.1) is 0 Å². The van der Waals surface area contributed by atoms with Gasteiger partial charge in [0, 0.05) is 6.54 Å². The third-order valence-electron chi connectivity index (χ3n) is 3.20. The molecule has 0 saturated heterocycles. The van der Waals surface area contributed by atoms with Gasteiger partial charge in [0.25, 0.3) is 5.91 Å². The van der Waals surface area contributed by atoms with Gasteiger partial charge in [-0.1, -0.05) is 31.9 Å². The molecule has 1 N–H and O–H groups in total. The minimum atomic E-state index is -0.176. The Morgan fingerprint density at radius 1 is 1.56 bits per heavy atom. The van der Waals surface area contributed by atoms with Gasteiger partial charge in [-0.2, -0.15) is 0 Å². The van der Waals surface area contributed by atoms with E-state index in [4.69, 9.17) is 9.52 Å². The second kappa shape index (κ2) is 5.87. The topological polar surface area (TPSA) is 53.7 Å². The standard InChI is InChI=1S/C14H19NO3/c1-2-3-5-11-6-4-9-15(11)14(17)13-8-7-12(10-16)18-13/h4,6-8,11,16H,2-3,5,9-10H2,1H3/t11-/m1/s1. The second-order valence-electron chi connectivity index (χ2n) is 4.52. The van der Waals surface area contributed by atoms with E-state index in [1.54, 1.807) is 12.1 Å². The molecule has 0 unspecified atom stereocenters. The zero-order chi connectivity index (χ0) is 13.0. The highest BCUT2D eigenvalue weighted by atomic mass is 16.4. The minimum Gasteiger partial charge on any atom is -0.453 e. The lowest BCUT2D eigenvalue weighted by Crippen LogP contribution is -2.35. The first-order valence-corrected chi connectivity index (χ1v) is 6.43. The molecule has 0 saturated carbocycles. The molecule has 0 radical (unpaired) electrons. The zero-order valence-electron chi connectivity index (χ0n) is 10.6. The fourth-order valence-electron chi connectivity index (χ4n) is 2.19. The average molecular weight is 249 g/mol. The van der Waals surface area contributed by atoms with E-state index >= 15 is 0 Å². The molecule has 98 valence electrons. The highest BCUT2D eigenvalue weighted by Gasteiger charge is 2.27. The molecule has 1 aromatic rings. The normalized spacial score (nSPS) is 18.6. The first kappa shape index (κ1) is 12.9. The van der Waals surface area contributed by atoms with E-state index in [1.807, 2.05) is 11.0 Å². The number of hydrogen-bond acceptors (Lipinski definition) is 3. The van der Waals surface area contributed by atoms with E-state index in [0.717, 1.165) is 19.3 Å². The molecule has 18 heavy (non-hydrogen) atoms.